The van der Waals surface area contributed by atoms with E-state index in [0.29, 0.717) is 34.6 Å². The molecule has 4 rings (SSSR count). The zero-order valence-corrected chi connectivity index (χ0v) is 19.5. The molecule has 0 unspecified atom stereocenters. The maximum Gasteiger partial charge on any atom is 0.230 e. The fourth-order valence-corrected chi connectivity index (χ4v) is 5.91. The maximum atomic E-state index is 13.2. The van der Waals surface area contributed by atoms with Crippen LogP contribution in [0.1, 0.15) is 24.8 Å². The first-order valence-corrected chi connectivity index (χ1v) is 12.5. The molecule has 2 aliphatic rings. The quantitative estimate of drug-likeness (QED) is 0.619. The summed E-state index contributed by atoms with van der Waals surface area (Å²) in [5.74, 6) is -0.172. The van der Waals surface area contributed by atoms with Crippen molar-refractivity contribution in [3.05, 3.63) is 46.4 Å². The molecule has 1 saturated carbocycles. The van der Waals surface area contributed by atoms with Gasteiger partial charge in [-0.3, -0.25) is 9.59 Å². The molecule has 1 aliphatic carbocycles. The minimum absolute atomic E-state index is 0.00112. The number of hydrogen-bond acceptors (Lipinski definition) is 5. The average molecular weight is 507 g/mol. The van der Waals surface area contributed by atoms with Crippen molar-refractivity contribution in [3.63, 3.8) is 0 Å². The van der Waals surface area contributed by atoms with Gasteiger partial charge in [-0.25, -0.2) is 8.42 Å². The first kappa shape index (κ1) is 21.8. The topological polar surface area (TPSA) is 92.8 Å². The van der Waals surface area contributed by atoms with Gasteiger partial charge < -0.3 is 15.0 Å². The number of sulfone groups is 1. The van der Waals surface area contributed by atoms with Crippen molar-refractivity contribution in [1.82, 2.24) is 0 Å². The number of anilines is 2. The lowest BCUT2D eigenvalue weighted by Gasteiger charge is -2.20. The molecule has 0 spiro atoms. The van der Waals surface area contributed by atoms with Gasteiger partial charge in [0.15, 0.2) is 9.84 Å². The summed E-state index contributed by atoms with van der Waals surface area (Å²) in [4.78, 5) is 26.8. The molecule has 7 nitrogen and oxygen atoms in total. The molecular formula is C22H23BrN2O5S. The standard InChI is InChI=1S/C22H23BrN2O5S/c1-30-18-4-2-3-17(13-18)24-20(26)8-10-31(28,29)19-12-16(23)11-15-7-9-25(21(15)19)22(27)14-5-6-14/h2-4,11-14H,5-10H2,1H3,(H,24,26). The summed E-state index contributed by atoms with van der Waals surface area (Å²) in [6, 6.07) is 10.3. The Balaban J connectivity index is 1.52. The van der Waals surface area contributed by atoms with E-state index >= 15 is 0 Å². The molecule has 1 aliphatic heterocycles. The second-order valence-electron chi connectivity index (χ2n) is 7.77. The van der Waals surface area contributed by atoms with Gasteiger partial charge >= 0.3 is 0 Å². The average Bonchev–Trinajstić information content (AvgIpc) is 3.51. The highest BCUT2D eigenvalue weighted by molar-refractivity contribution is 9.10. The molecule has 2 aromatic carbocycles. The summed E-state index contributed by atoms with van der Waals surface area (Å²) in [5, 5.41) is 2.70. The van der Waals surface area contributed by atoms with Gasteiger partial charge in [0.05, 0.1) is 23.4 Å². The molecule has 0 aromatic heterocycles. The molecule has 0 saturated heterocycles. The number of ether oxygens (including phenoxy) is 1. The summed E-state index contributed by atoms with van der Waals surface area (Å²) < 4.78 is 32.2. The molecule has 1 heterocycles. The van der Waals surface area contributed by atoms with E-state index in [0.717, 1.165) is 18.4 Å². The normalized spacial score (nSPS) is 15.5. The Bertz CT molecular complexity index is 1140. The highest BCUT2D eigenvalue weighted by Crippen LogP contribution is 2.41. The predicted octanol–water partition coefficient (Wildman–Crippen LogP) is 3.56. The molecule has 1 fully saturated rings. The fraction of sp³-hybridized carbons (Fsp3) is 0.364. The van der Waals surface area contributed by atoms with Crippen molar-refractivity contribution in [2.24, 2.45) is 5.92 Å². The SMILES string of the molecule is COc1cccc(NC(=O)CCS(=O)(=O)c2cc(Br)cc3c2N(C(=O)C2CC2)CC3)c1. The van der Waals surface area contributed by atoms with E-state index in [1.807, 2.05) is 6.07 Å². The van der Waals surface area contributed by atoms with E-state index in [1.54, 1.807) is 29.2 Å². The zero-order valence-electron chi connectivity index (χ0n) is 17.1. The van der Waals surface area contributed by atoms with Crippen LogP contribution in [0.5, 0.6) is 5.75 Å². The Kier molecular flexibility index (Phi) is 6.07. The lowest BCUT2D eigenvalue weighted by atomic mass is 10.2. The highest BCUT2D eigenvalue weighted by atomic mass is 79.9. The van der Waals surface area contributed by atoms with Gasteiger partial charge in [-0.2, -0.15) is 0 Å². The van der Waals surface area contributed by atoms with E-state index < -0.39 is 15.7 Å². The molecule has 164 valence electrons. The van der Waals surface area contributed by atoms with Crippen LogP contribution in [-0.2, 0) is 25.8 Å². The summed E-state index contributed by atoms with van der Waals surface area (Å²) >= 11 is 3.39. The minimum Gasteiger partial charge on any atom is -0.497 e. The Hall–Kier alpha value is -2.39. The van der Waals surface area contributed by atoms with Crippen molar-refractivity contribution < 1.29 is 22.7 Å². The largest absolute Gasteiger partial charge is 0.497 e. The highest BCUT2D eigenvalue weighted by Gasteiger charge is 2.39. The Labute approximate surface area is 189 Å². The van der Waals surface area contributed by atoms with E-state index in [2.05, 4.69) is 21.2 Å². The van der Waals surface area contributed by atoms with Crippen LogP contribution in [-0.4, -0.2) is 39.6 Å². The summed E-state index contributed by atoms with van der Waals surface area (Å²) in [6.45, 7) is 0.486. The Morgan fingerprint density at radius 2 is 2.00 bits per heavy atom. The number of methoxy groups -OCH3 is 1. The van der Waals surface area contributed by atoms with Crippen LogP contribution in [0.4, 0.5) is 11.4 Å². The number of halogens is 1. The summed E-state index contributed by atoms with van der Waals surface area (Å²) in [5.41, 5.74) is 1.85. The second kappa shape index (κ2) is 8.63. The molecular weight excluding hydrogens is 484 g/mol. The van der Waals surface area contributed by atoms with Gasteiger partial charge in [-0.1, -0.05) is 22.0 Å². The van der Waals surface area contributed by atoms with Crippen molar-refractivity contribution in [1.29, 1.82) is 0 Å². The van der Waals surface area contributed by atoms with Crippen molar-refractivity contribution in [2.75, 3.05) is 29.6 Å². The lowest BCUT2D eigenvalue weighted by molar-refractivity contribution is -0.119. The van der Waals surface area contributed by atoms with E-state index in [9.17, 15) is 18.0 Å². The van der Waals surface area contributed by atoms with E-state index in [-0.39, 0.29) is 28.9 Å². The van der Waals surface area contributed by atoms with Crippen LogP contribution in [0, 0.1) is 5.92 Å². The van der Waals surface area contributed by atoms with Crippen molar-refractivity contribution >= 4 is 49.0 Å². The van der Waals surface area contributed by atoms with Gasteiger partial charge in [0.2, 0.25) is 11.8 Å². The fourth-order valence-electron chi connectivity index (χ4n) is 3.74. The molecule has 2 aromatic rings. The Morgan fingerprint density at radius 3 is 2.71 bits per heavy atom. The maximum absolute atomic E-state index is 13.2. The molecule has 31 heavy (non-hydrogen) atoms. The number of rotatable bonds is 7. The van der Waals surface area contributed by atoms with Gasteiger partial charge in [0.25, 0.3) is 0 Å². The number of fused-ring (bicyclic) bond motifs is 1. The molecule has 2 amide bonds. The van der Waals surface area contributed by atoms with Crippen LogP contribution in [0.25, 0.3) is 0 Å². The van der Waals surface area contributed by atoms with Gasteiger partial charge in [-0.05, 0) is 49.1 Å². The number of nitrogens with zero attached hydrogens (tertiary/aromatic N) is 1. The molecule has 0 atom stereocenters. The van der Waals surface area contributed by atoms with Gasteiger partial charge in [0.1, 0.15) is 5.75 Å². The number of carbonyl (C=O) groups excluding carboxylic acids is 2. The number of amides is 2. The number of nitrogens with one attached hydrogen (secondary N) is 1. The first-order chi connectivity index (χ1) is 14.8. The van der Waals surface area contributed by atoms with Crippen LogP contribution < -0.4 is 15.0 Å². The number of benzene rings is 2. The summed E-state index contributed by atoms with van der Waals surface area (Å²) in [6.07, 6.45) is 2.13. The van der Waals surface area contributed by atoms with E-state index in [4.69, 9.17) is 4.74 Å². The molecule has 1 N–H and O–H groups in total. The van der Waals surface area contributed by atoms with E-state index in [1.165, 1.54) is 13.2 Å². The monoisotopic (exact) mass is 506 g/mol. The van der Waals surface area contributed by atoms with Crippen LogP contribution in [0.3, 0.4) is 0 Å². The Morgan fingerprint density at radius 1 is 1.23 bits per heavy atom. The number of hydrogen-bond donors (Lipinski definition) is 1. The smallest absolute Gasteiger partial charge is 0.230 e. The van der Waals surface area contributed by atoms with Gasteiger partial charge in [0, 0.05) is 35.1 Å². The van der Waals surface area contributed by atoms with Crippen LogP contribution in [0.2, 0.25) is 0 Å². The lowest BCUT2D eigenvalue weighted by Crippen LogP contribution is -2.31. The zero-order chi connectivity index (χ0) is 22.2. The predicted molar refractivity (Wildman–Crippen MR) is 121 cm³/mol. The summed E-state index contributed by atoms with van der Waals surface area (Å²) in [7, 11) is -2.26. The number of carbonyl (C=O) groups is 2. The third kappa shape index (κ3) is 4.77. The molecule has 9 heteroatoms. The van der Waals surface area contributed by atoms with Crippen LogP contribution in [0.15, 0.2) is 45.8 Å². The van der Waals surface area contributed by atoms with Crippen LogP contribution >= 0.6 is 15.9 Å². The van der Waals surface area contributed by atoms with Crippen molar-refractivity contribution in [3.8, 4) is 5.75 Å². The molecule has 0 radical (unpaired) electrons. The first-order valence-electron chi connectivity index (χ1n) is 10.1. The molecule has 0 bridgehead atoms. The van der Waals surface area contributed by atoms with Crippen molar-refractivity contribution in [2.45, 2.75) is 30.6 Å². The van der Waals surface area contributed by atoms with Gasteiger partial charge in [-0.15, -0.1) is 0 Å². The second-order valence-corrected chi connectivity index (χ2v) is 10.8. The third-order valence-corrected chi connectivity index (χ3v) is 7.65. The third-order valence-electron chi connectivity index (χ3n) is 5.47. The minimum atomic E-state index is -3.79.